The fraction of sp³-hybridized carbons (Fsp3) is 0.250. The van der Waals surface area contributed by atoms with Gasteiger partial charge in [0.25, 0.3) is 0 Å². The molecule has 1 aromatic rings. The smallest absolute Gasteiger partial charge is 0.545 e. The topological polar surface area (TPSA) is 60.4 Å². The molecule has 0 amide bonds. The molecule has 1 N–H and O–H groups in total. The number of rotatable bonds is 4. The Morgan fingerprint density at radius 2 is 1.88 bits per heavy atom. The summed E-state index contributed by atoms with van der Waals surface area (Å²) in [6, 6.07) is 10.2. The first-order valence-corrected chi connectivity index (χ1v) is 4.69. The van der Waals surface area contributed by atoms with Crippen molar-refractivity contribution in [2.24, 2.45) is 0 Å². The third kappa shape index (κ3) is 11.5. The van der Waals surface area contributed by atoms with Gasteiger partial charge in [-0.05, 0) is 24.5 Å². The number of aryl methyl sites for hydroxylation is 1. The molecule has 0 aliphatic carbocycles. The van der Waals surface area contributed by atoms with E-state index in [1.807, 2.05) is 18.2 Å². The van der Waals surface area contributed by atoms with Gasteiger partial charge in [-0.2, -0.15) is 0 Å². The number of benzene rings is 1. The van der Waals surface area contributed by atoms with Crippen molar-refractivity contribution in [3.63, 3.8) is 0 Å². The Morgan fingerprint density at radius 3 is 2.25 bits per heavy atom. The Labute approximate surface area is 118 Å². The molecule has 3 nitrogen and oxygen atoms in total. The van der Waals surface area contributed by atoms with E-state index in [9.17, 15) is 0 Å². The molecule has 16 heavy (non-hydrogen) atoms. The zero-order chi connectivity index (χ0) is 11.5. The average Bonchev–Trinajstić information content (AvgIpc) is 2.28. The standard InChI is InChI=1S/C9H12O.C3H4O2.Na/c10-8-4-7-9-5-2-1-3-6-9;1-2-3(4)5;/h1-3,5-6,10H,4,7-8H2;2H,1H2,(H,4,5);/q;;+1/p-1. The van der Waals surface area contributed by atoms with Gasteiger partial charge in [0.1, 0.15) is 0 Å². The number of carboxylic acid groups (broad SMARTS) is 1. The number of hydrogen-bond acceptors (Lipinski definition) is 3. The minimum absolute atomic E-state index is 0. The fourth-order valence-corrected chi connectivity index (χ4v) is 0.928. The van der Waals surface area contributed by atoms with Gasteiger partial charge in [0, 0.05) is 6.61 Å². The first-order valence-electron chi connectivity index (χ1n) is 4.69. The largest absolute Gasteiger partial charge is 1.00 e. The van der Waals surface area contributed by atoms with E-state index in [4.69, 9.17) is 15.0 Å². The maximum Gasteiger partial charge on any atom is 1.00 e. The summed E-state index contributed by atoms with van der Waals surface area (Å²) in [5.74, 6) is -1.23. The minimum Gasteiger partial charge on any atom is -0.545 e. The molecule has 0 fully saturated rings. The summed E-state index contributed by atoms with van der Waals surface area (Å²) in [7, 11) is 0. The van der Waals surface area contributed by atoms with Crippen LogP contribution in [-0.4, -0.2) is 17.7 Å². The SMILES string of the molecule is C=CC(=O)[O-].OCCCc1ccccc1.[Na+]. The van der Waals surface area contributed by atoms with Gasteiger partial charge in [-0.25, -0.2) is 0 Å². The molecule has 0 atom stereocenters. The van der Waals surface area contributed by atoms with E-state index >= 15 is 0 Å². The van der Waals surface area contributed by atoms with E-state index in [1.54, 1.807) is 0 Å². The summed E-state index contributed by atoms with van der Waals surface area (Å²) in [4.78, 5) is 9.14. The Kier molecular flexibility index (Phi) is 13.8. The van der Waals surface area contributed by atoms with Crippen molar-refractivity contribution >= 4 is 5.97 Å². The number of aliphatic carboxylic acids is 1. The Morgan fingerprint density at radius 1 is 1.38 bits per heavy atom. The van der Waals surface area contributed by atoms with Gasteiger partial charge in [0.2, 0.25) is 0 Å². The number of hydrogen-bond donors (Lipinski definition) is 1. The second kappa shape index (κ2) is 12.5. The number of aliphatic hydroxyl groups is 1. The molecule has 0 spiro atoms. The number of carboxylic acids is 1. The molecule has 4 heteroatoms. The van der Waals surface area contributed by atoms with Gasteiger partial charge in [0.15, 0.2) is 0 Å². The summed E-state index contributed by atoms with van der Waals surface area (Å²) >= 11 is 0. The van der Waals surface area contributed by atoms with Crippen molar-refractivity contribution in [2.75, 3.05) is 6.61 Å². The van der Waals surface area contributed by atoms with Crippen molar-refractivity contribution < 1.29 is 44.6 Å². The van der Waals surface area contributed by atoms with Gasteiger partial charge in [-0.3, -0.25) is 0 Å². The van der Waals surface area contributed by atoms with E-state index in [2.05, 4.69) is 18.7 Å². The Hall–Kier alpha value is -0.610. The van der Waals surface area contributed by atoms with Crippen molar-refractivity contribution in [3.05, 3.63) is 48.6 Å². The molecule has 0 bridgehead atoms. The maximum atomic E-state index is 9.14. The quantitative estimate of drug-likeness (QED) is 0.461. The summed E-state index contributed by atoms with van der Waals surface area (Å²) < 4.78 is 0. The number of carbonyl (C=O) groups is 1. The normalized spacial score (nSPS) is 8.06. The van der Waals surface area contributed by atoms with E-state index in [0.29, 0.717) is 0 Å². The van der Waals surface area contributed by atoms with Crippen LogP contribution in [0.15, 0.2) is 43.0 Å². The molecule has 0 saturated carbocycles. The molecule has 0 aromatic heterocycles. The third-order valence-electron chi connectivity index (χ3n) is 1.63. The van der Waals surface area contributed by atoms with E-state index in [1.165, 1.54) is 5.56 Å². The van der Waals surface area contributed by atoms with Gasteiger partial charge < -0.3 is 15.0 Å². The Balaban J connectivity index is 0. The molecule has 0 saturated heterocycles. The fourth-order valence-electron chi connectivity index (χ4n) is 0.928. The number of carbonyl (C=O) groups excluding carboxylic acids is 1. The van der Waals surface area contributed by atoms with Gasteiger partial charge in [0.05, 0.1) is 5.97 Å². The molecule has 1 aromatic carbocycles. The average molecular weight is 230 g/mol. The van der Waals surface area contributed by atoms with Crippen LogP contribution in [0.4, 0.5) is 0 Å². The van der Waals surface area contributed by atoms with Crippen LogP contribution in [-0.2, 0) is 11.2 Å². The van der Waals surface area contributed by atoms with Crippen molar-refractivity contribution in [1.82, 2.24) is 0 Å². The third-order valence-corrected chi connectivity index (χ3v) is 1.63. The van der Waals surface area contributed by atoms with Gasteiger partial charge in [-0.15, -0.1) is 0 Å². The van der Waals surface area contributed by atoms with Gasteiger partial charge >= 0.3 is 29.6 Å². The van der Waals surface area contributed by atoms with Crippen molar-refractivity contribution in [1.29, 1.82) is 0 Å². The molecular weight excluding hydrogens is 215 g/mol. The zero-order valence-corrected chi connectivity index (χ0v) is 11.6. The van der Waals surface area contributed by atoms with Crippen molar-refractivity contribution in [3.8, 4) is 0 Å². The first-order chi connectivity index (χ1) is 7.20. The summed E-state index contributed by atoms with van der Waals surface area (Å²) in [6.45, 7) is 3.18. The molecule has 0 heterocycles. The van der Waals surface area contributed by atoms with Crippen LogP contribution >= 0.6 is 0 Å². The molecule has 0 aliphatic heterocycles. The van der Waals surface area contributed by atoms with Crippen LogP contribution in [0, 0.1) is 0 Å². The first kappa shape index (κ1) is 17.8. The number of aliphatic hydroxyl groups excluding tert-OH is 1. The molecule has 0 unspecified atom stereocenters. The monoisotopic (exact) mass is 230 g/mol. The van der Waals surface area contributed by atoms with Crippen LogP contribution in [0.25, 0.3) is 0 Å². The molecule has 82 valence electrons. The van der Waals surface area contributed by atoms with Gasteiger partial charge in [-0.1, -0.05) is 36.9 Å². The van der Waals surface area contributed by atoms with Crippen LogP contribution in [0.5, 0.6) is 0 Å². The van der Waals surface area contributed by atoms with E-state index in [-0.39, 0.29) is 36.2 Å². The predicted molar refractivity (Wildman–Crippen MR) is 57.1 cm³/mol. The molecular formula is C12H15NaO3. The van der Waals surface area contributed by atoms with E-state index < -0.39 is 5.97 Å². The molecule has 0 radical (unpaired) electrons. The summed E-state index contributed by atoms with van der Waals surface area (Å²) in [5.41, 5.74) is 1.30. The summed E-state index contributed by atoms with van der Waals surface area (Å²) in [6.07, 6.45) is 2.57. The second-order valence-corrected chi connectivity index (χ2v) is 2.84. The molecule has 0 aliphatic rings. The predicted octanol–water partition coefficient (Wildman–Crippen LogP) is -2.46. The van der Waals surface area contributed by atoms with Crippen molar-refractivity contribution in [2.45, 2.75) is 12.8 Å². The minimum atomic E-state index is -1.23. The zero-order valence-electron chi connectivity index (χ0n) is 9.56. The van der Waals surface area contributed by atoms with E-state index in [0.717, 1.165) is 18.9 Å². The van der Waals surface area contributed by atoms with Crippen LogP contribution in [0.3, 0.4) is 0 Å². The molecule has 1 rings (SSSR count). The maximum absolute atomic E-state index is 9.14. The van der Waals surface area contributed by atoms with Crippen LogP contribution in [0.1, 0.15) is 12.0 Å². The van der Waals surface area contributed by atoms with Crippen LogP contribution < -0.4 is 34.7 Å². The van der Waals surface area contributed by atoms with Crippen LogP contribution in [0.2, 0.25) is 0 Å². The second-order valence-electron chi connectivity index (χ2n) is 2.84. The summed E-state index contributed by atoms with van der Waals surface area (Å²) in [5, 5.41) is 17.7. The Bertz CT molecular complexity index is 286.